The Morgan fingerprint density at radius 2 is 2.57 bits per heavy atom. The van der Waals surface area contributed by atoms with Crippen LogP contribution < -0.4 is 5.32 Å². The Bertz CT molecular complexity index is 367. The highest BCUT2D eigenvalue weighted by atomic mass is 32.1. The second-order valence-electron chi connectivity index (χ2n) is 2.66. The molecular formula is C9H10N2O2S. The van der Waals surface area contributed by atoms with Crippen LogP contribution in [0.2, 0.25) is 0 Å². The molecule has 0 aromatic carbocycles. The average Bonchev–Trinajstić information content (AvgIpc) is 2.62. The van der Waals surface area contributed by atoms with Crippen LogP contribution in [0.4, 0.5) is 10.7 Å². The number of nitrogens with one attached hydrogen (secondary N) is 1. The van der Waals surface area contributed by atoms with E-state index in [-0.39, 0.29) is 11.7 Å². The molecule has 0 amide bonds. The predicted octanol–water partition coefficient (Wildman–Crippen LogP) is 2.48. The fourth-order valence-electron chi connectivity index (χ4n) is 0.974. The Labute approximate surface area is 86.1 Å². The van der Waals surface area contributed by atoms with Crippen LogP contribution in [0.3, 0.4) is 0 Å². The molecule has 0 aliphatic carbocycles. The van der Waals surface area contributed by atoms with Crippen LogP contribution in [0.15, 0.2) is 11.4 Å². The van der Waals surface area contributed by atoms with Gasteiger partial charge in [-0.25, -0.2) is 0 Å². The molecule has 1 atom stereocenters. The van der Waals surface area contributed by atoms with Crippen molar-refractivity contribution in [2.24, 2.45) is 0 Å². The van der Waals surface area contributed by atoms with Gasteiger partial charge in [0.05, 0.1) is 11.0 Å². The summed E-state index contributed by atoms with van der Waals surface area (Å²) in [4.78, 5) is 10.1. The Hall–Kier alpha value is -1.54. The molecule has 74 valence electrons. The molecule has 1 rings (SSSR count). The lowest BCUT2D eigenvalue weighted by Crippen LogP contribution is -2.15. The summed E-state index contributed by atoms with van der Waals surface area (Å²) >= 11 is 1.29. The van der Waals surface area contributed by atoms with Gasteiger partial charge in [0.25, 0.3) is 0 Å². The fourth-order valence-corrected chi connectivity index (χ4v) is 1.78. The summed E-state index contributed by atoms with van der Waals surface area (Å²) in [6.07, 6.45) is 5.99. The maximum absolute atomic E-state index is 10.6. The van der Waals surface area contributed by atoms with Gasteiger partial charge in [0.2, 0.25) is 0 Å². The summed E-state index contributed by atoms with van der Waals surface area (Å²) in [5, 5.41) is 15.7. The van der Waals surface area contributed by atoms with Crippen LogP contribution in [0.1, 0.15) is 13.3 Å². The largest absolute Gasteiger partial charge is 0.358 e. The zero-order valence-electron chi connectivity index (χ0n) is 7.69. The van der Waals surface area contributed by atoms with Gasteiger partial charge in [0, 0.05) is 6.07 Å². The predicted molar refractivity (Wildman–Crippen MR) is 57.5 cm³/mol. The topological polar surface area (TPSA) is 55.2 Å². The number of nitrogens with zero attached hydrogens (tertiary/aromatic N) is 1. The van der Waals surface area contributed by atoms with Crippen molar-refractivity contribution in [3.8, 4) is 12.3 Å². The van der Waals surface area contributed by atoms with Crippen molar-refractivity contribution in [1.29, 1.82) is 0 Å². The molecule has 14 heavy (non-hydrogen) atoms. The molecule has 1 unspecified atom stereocenters. The number of thiophene rings is 1. The molecular weight excluding hydrogens is 200 g/mol. The van der Waals surface area contributed by atoms with Gasteiger partial charge in [0.15, 0.2) is 5.00 Å². The third-order valence-electron chi connectivity index (χ3n) is 1.76. The molecule has 1 aromatic heterocycles. The van der Waals surface area contributed by atoms with E-state index in [9.17, 15) is 10.1 Å². The average molecular weight is 210 g/mol. The summed E-state index contributed by atoms with van der Waals surface area (Å²) in [7, 11) is 0. The van der Waals surface area contributed by atoms with Crippen molar-refractivity contribution in [1.82, 2.24) is 0 Å². The van der Waals surface area contributed by atoms with Crippen LogP contribution in [-0.4, -0.2) is 11.0 Å². The minimum absolute atomic E-state index is 0.0868. The molecule has 4 nitrogen and oxygen atoms in total. The highest BCUT2D eigenvalue weighted by molar-refractivity contribution is 7.14. The molecule has 0 fully saturated rings. The van der Waals surface area contributed by atoms with Crippen molar-refractivity contribution in [2.75, 3.05) is 5.32 Å². The van der Waals surface area contributed by atoms with E-state index in [1.54, 1.807) is 5.38 Å². The van der Waals surface area contributed by atoms with E-state index in [0.29, 0.717) is 5.00 Å². The quantitative estimate of drug-likeness (QED) is 0.472. The van der Waals surface area contributed by atoms with E-state index in [1.807, 2.05) is 6.92 Å². The SMILES string of the molecule is C#CC(CC)Nc1sccc1[N+](=O)[O-]. The van der Waals surface area contributed by atoms with Crippen molar-refractivity contribution in [3.05, 3.63) is 21.6 Å². The number of rotatable bonds is 4. The van der Waals surface area contributed by atoms with Crippen molar-refractivity contribution >= 4 is 22.0 Å². The van der Waals surface area contributed by atoms with Crippen LogP contribution >= 0.6 is 11.3 Å². The Kier molecular flexibility index (Phi) is 3.48. The summed E-state index contributed by atoms with van der Waals surface area (Å²) in [5.74, 6) is 2.53. The summed E-state index contributed by atoms with van der Waals surface area (Å²) < 4.78 is 0. The maximum atomic E-state index is 10.6. The molecule has 0 saturated heterocycles. The highest BCUT2D eigenvalue weighted by Crippen LogP contribution is 2.30. The van der Waals surface area contributed by atoms with Crippen LogP contribution in [0.5, 0.6) is 0 Å². The van der Waals surface area contributed by atoms with Crippen molar-refractivity contribution in [2.45, 2.75) is 19.4 Å². The molecule has 1 heterocycles. The molecule has 0 radical (unpaired) electrons. The maximum Gasteiger partial charge on any atom is 0.303 e. The molecule has 5 heteroatoms. The first-order chi connectivity index (χ1) is 6.69. The smallest absolute Gasteiger partial charge is 0.303 e. The second kappa shape index (κ2) is 4.63. The van der Waals surface area contributed by atoms with Crippen LogP contribution in [0.25, 0.3) is 0 Å². The van der Waals surface area contributed by atoms with Crippen LogP contribution in [-0.2, 0) is 0 Å². The molecule has 0 bridgehead atoms. The van der Waals surface area contributed by atoms with E-state index < -0.39 is 4.92 Å². The van der Waals surface area contributed by atoms with Gasteiger partial charge >= 0.3 is 5.69 Å². The monoisotopic (exact) mass is 210 g/mol. The minimum Gasteiger partial charge on any atom is -0.358 e. The number of terminal acetylenes is 1. The summed E-state index contributed by atoms with van der Waals surface area (Å²) in [5.41, 5.74) is 0.0868. The van der Waals surface area contributed by atoms with E-state index >= 15 is 0 Å². The minimum atomic E-state index is -0.415. The van der Waals surface area contributed by atoms with Gasteiger partial charge in [0.1, 0.15) is 0 Å². The van der Waals surface area contributed by atoms with Gasteiger partial charge in [-0.15, -0.1) is 17.8 Å². The van der Waals surface area contributed by atoms with Gasteiger partial charge in [-0.2, -0.15) is 0 Å². The van der Waals surface area contributed by atoms with E-state index in [2.05, 4.69) is 11.2 Å². The number of nitro groups is 1. The van der Waals surface area contributed by atoms with Gasteiger partial charge in [-0.1, -0.05) is 12.8 Å². The lowest BCUT2D eigenvalue weighted by molar-refractivity contribution is -0.383. The first-order valence-corrected chi connectivity index (χ1v) is 5.01. The summed E-state index contributed by atoms with van der Waals surface area (Å²) in [6.45, 7) is 1.93. The Morgan fingerprint density at radius 3 is 3.07 bits per heavy atom. The van der Waals surface area contributed by atoms with E-state index in [4.69, 9.17) is 6.42 Å². The Morgan fingerprint density at radius 1 is 1.86 bits per heavy atom. The zero-order valence-corrected chi connectivity index (χ0v) is 8.50. The van der Waals surface area contributed by atoms with Crippen molar-refractivity contribution in [3.63, 3.8) is 0 Å². The van der Waals surface area contributed by atoms with Crippen molar-refractivity contribution < 1.29 is 4.92 Å². The molecule has 0 saturated carbocycles. The molecule has 0 aliphatic rings. The molecule has 0 aliphatic heterocycles. The molecule has 1 aromatic rings. The fraction of sp³-hybridized carbons (Fsp3) is 0.333. The molecule has 1 N–H and O–H groups in total. The normalized spacial score (nSPS) is 11.7. The van der Waals surface area contributed by atoms with Crippen LogP contribution in [0, 0.1) is 22.5 Å². The number of anilines is 1. The molecule has 0 spiro atoms. The second-order valence-corrected chi connectivity index (χ2v) is 3.58. The third-order valence-corrected chi connectivity index (χ3v) is 2.59. The first kappa shape index (κ1) is 10.5. The third kappa shape index (κ3) is 2.24. The van der Waals surface area contributed by atoms with Gasteiger partial charge < -0.3 is 5.32 Å². The number of hydrogen-bond donors (Lipinski definition) is 1. The Balaban J connectivity index is 2.81. The highest BCUT2D eigenvalue weighted by Gasteiger charge is 2.16. The first-order valence-electron chi connectivity index (χ1n) is 4.13. The number of hydrogen-bond acceptors (Lipinski definition) is 4. The lowest BCUT2D eigenvalue weighted by atomic mass is 10.2. The van der Waals surface area contributed by atoms with Gasteiger partial charge in [-0.05, 0) is 11.8 Å². The zero-order chi connectivity index (χ0) is 10.6. The lowest BCUT2D eigenvalue weighted by Gasteiger charge is -2.08. The summed E-state index contributed by atoms with van der Waals surface area (Å²) in [6, 6.07) is 1.32. The standard InChI is InChI=1S/C9H10N2O2S/c1-3-7(4-2)10-9-8(11(12)13)5-6-14-9/h1,5-7,10H,4H2,2H3. The van der Waals surface area contributed by atoms with E-state index in [1.165, 1.54) is 17.4 Å². The van der Waals surface area contributed by atoms with E-state index in [0.717, 1.165) is 6.42 Å². The van der Waals surface area contributed by atoms with Gasteiger partial charge in [-0.3, -0.25) is 10.1 Å².